The van der Waals surface area contributed by atoms with E-state index in [0.717, 1.165) is 13.1 Å². The Morgan fingerprint density at radius 2 is 1.45 bits per heavy atom. The summed E-state index contributed by atoms with van der Waals surface area (Å²) in [5.41, 5.74) is 0. The van der Waals surface area contributed by atoms with Crippen molar-refractivity contribution in [3.8, 4) is 0 Å². The van der Waals surface area contributed by atoms with Gasteiger partial charge in [0.25, 0.3) is 0 Å². The maximum Gasteiger partial charge on any atom is 0.414 e. The molecule has 8 nitrogen and oxygen atoms in total. The van der Waals surface area contributed by atoms with E-state index >= 15 is 0 Å². The van der Waals surface area contributed by atoms with Crippen LogP contribution in [0.1, 0.15) is 20.8 Å². The Labute approximate surface area is 119 Å². The molecule has 0 bridgehead atoms. The first kappa shape index (κ1) is 18.8. The molecule has 0 atom stereocenters. The molecule has 20 heavy (non-hydrogen) atoms. The van der Waals surface area contributed by atoms with Gasteiger partial charge in [0, 0.05) is 32.2 Å². The highest BCUT2D eigenvalue weighted by Gasteiger charge is 2.25. The second-order valence-electron chi connectivity index (χ2n) is 4.54. The molecule has 1 saturated heterocycles. The quantitative estimate of drug-likeness (QED) is 0.676. The van der Waals surface area contributed by atoms with Gasteiger partial charge in [-0.05, 0) is 20.8 Å². The number of hydrogen-bond donors (Lipinski definition) is 2. The van der Waals surface area contributed by atoms with Gasteiger partial charge in [-0.15, -0.1) is 0 Å². The second kappa shape index (κ2) is 8.18. The van der Waals surface area contributed by atoms with Crippen LogP contribution in [0.25, 0.3) is 0 Å². The standard InChI is InChI=1S/C9H20N2O2S.C2H2O4/c1-4-14(12,13)11-7-5-10(6-8-11)9(2)3;3-1(4)2(5)6/h9H,4-8H2,1-3H3;(H,3,4)(H,5,6). The minimum Gasteiger partial charge on any atom is -0.473 e. The Kier molecular flexibility index (Phi) is 7.69. The van der Waals surface area contributed by atoms with Crippen molar-refractivity contribution in [2.45, 2.75) is 26.8 Å². The van der Waals surface area contributed by atoms with E-state index in [0.29, 0.717) is 19.1 Å². The molecule has 1 aliphatic heterocycles. The third-order valence-corrected chi connectivity index (χ3v) is 4.83. The zero-order chi connectivity index (χ0) is 15.9. The maximum atomic E-state index is 11.5. The molecule has 1 aliphatic rings. The number of hydrogen-bond acceptors (Lipinski definition) is 5. The normalized spacial score (nSPS) is 17.4. The summed E-state index contributed by atoms with van der Waals surface area (Å²) in [5, 5.41) is 14.8. The molecule has 0 unspecified atom stereocenters. The monoisotopic (exact) mass is 310 g/mol. The summed E-state index contributed by atoms with van der Waals surface area (Å²) in [4.78, 5) is 20.5. The molecule has 0 aromatic heterocycles. The number of nitrogens with zero attached hydrogens (tertiary/aromatic N) is 2. The Morgan fingerprint density at radius 3 is 1.70 bits per heavy atom. The zero-order valence-corrected chi connectivity index (χ0v) is 12.8. The first-order chi connectivity index (χ1) is 9.11. The second-order valence-corrected chi connectivity index (χ2v) is 6.80. The average molecular weight is 310 g/mol. The Morgan fingerprint density at radius 1 is 1.05 bits per heavy atom. The largest absolute Gasteiger partial charge is 0.473 e. The highest BCUT2D eigenvalue weighted by Crippen LogP contribution is 2.09. The molecule has 0 aromatic carbocycles. The van der Waals surface area contributed by atoms with Crippen LogP contribution < -0.4 is 0 Å². The SMILES string of the molecule is CCS(=O)(=O)N1CCN(C(C)C)CC1.O=C(O)C(=O)O. The number of carbonyl (C=O) groups is 2. The molecule has 0 radical (unpaired) electrons. The number of rotatable bonds is 3. The molecule has 0 aromatic rings. The minimum absolute atomic E-state index is 0.217. The lowest BCUT2D eigenvalue weighted by Gasteiger charge is -2.36. The van der Waals surface area contributed by atoms with Crippen LogP contribution in [0.5, 0.6) is 0 Å². The molecular formula is C11H22N2O6S. The maximum absolute atomic E-state index is 11.5. The van der Waals surface area contributed by atoms with E-state index in [1.54, 1.807) is 11.2 Å². The molecule has 0 aliphatic carbocycles. The number of sulfonamides is 1. The molecule has 0 saturated carbocycles. The number of carboxylic acid groups (broad SMARTS) is 2. The van der Waals surface area contributed by atoms with Crippen LogP contribution in [-0.4, -0.2) is 77.7 Å². The Bertz CT molecular complexity index is 414. The van der Waals surface area contributed by atoms with Crippen molar-refractivity contribution in [3.63, 3.8) is 0 Å². The Balaban J connectivity index is 0.000000511. The van der Waals surface area contributed by atoms with Gasteiger partial charge in [0.15, 0.2) is 0 Å². The van der Waals surface area contributed by atoms with Gasteiger partial charge >= 0.3 is 11.9 Å². The van der Waals surface area contributed by atoms with Gasteiger partial charge in [0.1, 0.15) is 0 Å². The molecule has 2 N–H and O–H groups in total. The van der Waals surface area contributed by atoms with Gasteiger partial charge in [-0.1, -0.05) is 0 Å². The summed E-state index contributed by atoms with van der Waals surface area (Å²) in [6, 6.07) is 0.515. The summed E-state index contributed by atoms with van der Waals surface area (Å²) in [6.45, 7) is 8.99. The summed E-state index contributed by atoms with van der Waals surface area (Å²) in [5.74, 6) is -3.43. The average Bonchev–Trinajstić information content (AvgIpc) is 2.39. The van der Waals surface area contributed by atoms with Crippen molar-refractivity contribution in [2.75, 3.05) is 31.9 Å². The number of carboxylic acids is 2. The summed E-state index contributed by atoms with van der Waals surface area (Å²) in [7, 11) is -2.96. The fourth-order valence-electron chi connectivity index (χ4n) is 1.68. The van der Waals surface area contributed by atoms with E-state index in [-0.39, 0.29) is 5.75 Å². The molecule has 9 heteroatoms. The minimum atomic E-state index is -2.96. The predicted octanol–water partition coefficient (Wildman–Crippen LogP) is -0.482. The lowest BCUT2D eigenvalue weighted by Crippen LogP contribution is -2.50. The lowest BCUT2D eigenvalue weighted by atomic mass is 10.3. The predicted molar refractivity (Wildman–Crippen MR) is 73.0 cm³/mol. The van der Waals surface area contributed by atoms with E-state index < -0.39 is 22.0 Å². The molecule has 0 spiro atoms. The van der Waals surface area contributed by atoms with E-state index in [2.05, 4.69) is 18.7 Å². The van der Waals surface area contributed by atoms with Gasteiger partial charge < -0.3 is 10.2 Å². The first-order valence-corrected chi connectivity index (χ1v) is 7.90. The van der Waals surface area contributed by atoms with Crippen LogP contribution in [0, 0.1) is 0 Å². The molecular weight excluding hydrogens is 288 g/mol. The molecule has 1 rings (SSSR count). The van der Waals surface area contributed by atoms with Crippen molar-refractivity contribution in [1.29, 1.82) is 0 Å². The van der Waals surface area contributed by atoms with Gasteiger partial charge in [-0.3, -0.25) is 4.90 Å². The summed E-state index contributed by atoms with van der Waals surface area (Å²) < 4.78 is 24.7. The van der Waals surface area contributed by atoms with Crippen LogP contribution in [0.15, 0.2) is 0 Å². The third kappa shape index (κ3) is 6.31. The molecule has 1 fully saturated rings. The van der Waals surface area contributed by atoms with Crippen molar-refractivity contribution in [1.82, 2.24) is 9.21 Å². The van der Waals surface area contributed by atoms with Gasteiger partial charge in [-0.2, -0.15) is 4.31 Å². The van der Waals surface area contributed by atoms with Crippen LogP contribution >= 0.6 is 0 Å². The fourth-order valence-corrected chi connectivity index (χ4v) is 2.77. The van der Waals surface area contributed by atoms with Crippen LogP contribution in [0.3, 0.4) is 0 Å². The van der Waals surface area contributed by atoms with E-state index in [1.165, 1.54) is 0 Å². The zero-order valence-electron chi connectivity index (χ0n) is 11.9. The van der Waals surface area contributed by atoms with Crippen molar-refractivity contribution in [2.24, 2.45) is 0 Å². The summed E-state index contributed by atoms with van der Waals surface area (Å²) in [6.07, 6.45) is 0. The van der Waals surface area contributed by atoms with Crippen molar-refractivity contribution < 1.29 is 28.2 Å². The summed E-state index contributed by atoms with van der Waals surface area (Å²) >= 11 is 0. The fraction of sp³-hybridized carbons (Fsp3) is 0.818. The molecule has 0 amide bonds. The van der Waals surface area contributed by atoms with E-state index in [9.17, 15) is 8.42 Å². The Hall–Kier alpha value is -1.19. The van der Waals surface area contributed by atoms with E-state index in [1.807, 2.05) is 0 Å². The molecule has 118 valence electrons. The lowest BCUT2D eigenvalue weighted by molar-refractivity contribution is -0.159. The van der Waals surface area contributed by atoms with Gasteiger partial charge in [0.2, 0.25) is 10.0 Å². The van der Waals surface area contributed by atoms with Gasteiger partial charge in [-0.25, -0.2) is 18.0 Å². The third-order valence-electron chi connectivity index (χ3n) is 2.94. The first-order valence-electron chi connectivity index (χ1n) is 6.29. The van der Waals surface area contributed by atoms with Crippen molar-refractivity contribution in [3.05, 3.63) is 0 Å². The van der Waals surface area contributed by atoms with E-state index in [4.69, 9.17) is 19.8 Å². The smallest absolute Gasteiger partial charge is 0.414 e. The number of piperazine rings is 1. The van der Waals surface area contributed by atoms with Gasteiger partial charge in [0.05, 0.1) is 5.75 Å². The van der Waals surface area contributed by atoms with Crippen LogP contribution in [-0.2, 0) is 19.6 Å². The number of aliphatic carboxylic acids is 2. The van der Waals surface area contributed by atoms with Crippen LogP contribution in [0.4, 0.5) is 0 Å². The van der Waals surface area contributed by atoms with Crippen molar-refractivity contribution >= 4 is 22.0 Å². The highest BCUT2D eigenvalue weighted by molar-refractivity contribution is 7.89. The highest BCUT2D eigenvalue weighted by atomic mass is 32.2. The van der Waals surface area contributed by atoms with Crippen LogP contribution in [0.2, 0.25) is 0 Å². The molecule has 1 heterocycles. The topological polar surface area (TPSA) is 115 Å².